The van der Waals surface area contributed by atoms with E-state index >= 15 is 0 Å². The second-order valence-electron chi connectivity index (χ2n) is 7.76. The molecule has 5 rings (SSSR count). The first-order valence-electron chi connectivity index (χ1n) is 10.3. The van der Waals surface area contributed by atoms with Crippen LogP contribution in [0.3, 0.4) is 0 Å². The Morgan fingerprint density at radius 3 is 2.30 bits per heavy atom. The van der Waals surface area contributed by atoms with Gasteiger partial charge < -0.3 is 14.8 Å². The lowest BCUT2D eigenvalue weighted by molar-refractivity contribution is 0.0749. The van der Waals surface area contributed by atoms with Gasteiger partial charge >= 0.3 is 0 Å². The Labute approximate surface area is 209 Å². The number of rotatable bonds is 4. The fourth-order valence-corrected chi connectivity index (χ4v) is 5.80. The first-order valence-corrected chi connectivity index (χ1v) is 12.3. The van der Waals surface area contributed by atoms with Gasteiger partial charge in [-0.25, -0.2) is 0 Å². The molecule has 2 aromatic heterocycles. The number of carbonyl (C=O) groups excluding carboxylic acids is 2. The van der Waals surface area contributed by atoms with Crippen molar-refractivity contribution in [3.8, 4) is 0 Å². The van der Waals surface area contributed by atoms with Gasteiger partial charge in [-0.05, 0) is 42.5 Å². The highest BCUT2D eigenvalue weighted by Crippen LogP contribution is 2.38. The molecule has 1 N–H and O–H groups in total. The van der Waals surface area contributed by atoms with Gasteiger partial charge in [0.05, 0.1) is 10.0 Å². The number of aromatic amines is 1. The summed E-state index contributed by atoms with van der Waals surface area (Å²) < 4.78 is 1.30. The van der Waals surface area contributed by atoms with Crippen molar-refractivity contribution >= 4 is 74.4 Å². The zero-order valence-electron chi connectivity index (χ0n) is 17.3. The summed E-state index contributed by atoms with van der Waals surface area (Å²) in [6, 6.07) is 14.1. The number of nitrogens with zero attached hydrogens (tertiary/aromatic N) is 2. The molecule has 1 aliphatic rings. The molecule has 0 spiro atoms. The van der Waals surface area contributed by atoms with Gasteiger partial charge in [-0.15, -0.1) is 11.3 Å². The van der Waals surface area contributed by atoms with Crippen molar-refractivity contribution in [2.45, 2.75) is 0 Å². The predicted octanol–water partition coefficient (Wildman–Crippen LogP) is 6.38. The van der Waals surface area contributed by atoms with Crippen molar-refractivity contribution in [1.29, 1.82) is 0 Å². The molecule has 33 heavy (non-hydrogen) atoms. The van der Waals surface area contributed by atoms with E-state index in [2.05, 4.69) is 9.88 Å². The number of hydrogen-bond donors (Lipinski definition) is 1. The minimum Gasteiger partial charge on any atom is -0.366 e. The third-order valence-corrected chi connectivity index (χ3v) is 7.55. The topological polar surface area (TPSA) is 56.4 Å². The van der Waals surface area contributed by atoms with Gasteiger partial charge in [0.1, 0.15) is 4.34 Å². The Bertz CT molecular complexity index is 1360. The standard InChI is InChI=1S/C24H18Cl3N3O2S/c25-15-6-4-14(5-7-15)22(31)17-13-28-18-3-1-2-16(21(17)18)24(32)30-10-8-29(9-11-30)19-12-20(26)33-23(19)27/h1-7,12-13,28H,8-11H2. The van der Waals surface area contributed by atoms with Crippen molar-refractivity contribution in [3.63, 3.8) is 0 Å². The van der Waals surface area contributed by atoms with Crippen molar-refractivity contribution < 1.29 is 9.59 Å². The number of hydrogen-bond acceptors (Lipinski definition) is 4. The number of thiophene rings is 1. The van der Waals surface area contributed by atoms with E-state index < -0.39 is 0 Å². The molecule has 5 nitrogen and oxygen atoms in total. The normalized spacial score (nSPS) is 14.2. The van der Waals surface area contributed by atoms with Crippen molar-refractivity contribution in [1.82, 2.24) is 9.88 Å². The van der Waals surface area contributed by atoms with E-state index in [1.807, 2.05) is 23.1 Å². The number of carbonyl (C=O) groups is 2. The predicted molar refractivity (Wildman–Crippen MR) is 136 cm³/mol. The number of H-pyrrole nitrogens is 1. The zero-order chi connectivity index (χ0) is 23.1. The van der Waals surface area contributed by atoms with Gasteiger partial charge in [0.2, 0.25) is 0 Å². The number of piperazine rings is 1. The van der Waals surface area contributed by atoms with Crippen LogP contribution in [0.15, 0.2) is 54.7 Å². The fourth-order valence-electron chi connectivity index (χ4n) is 4.17. The van der Waals surface area contributed by atoms with E-state index in [-0.39, 0.29) is 11.7 Å². The van der Waals surface area contributed by atoms with Crippen molar-refractivity contribution in [3.05, 3.63) is 85.1 Å². The van der Waals surface area contributed by atoms with Gasteiger partial charge in [-0.2, -0.15) is 0 Å². The number of ketones is 1. The first-order chi connectivity index (χ1) is 15.9. The van der Waals surface area contributed by atoms with Crippen LogP contribution in [0, 0.1) is 0 Å². The number of aromatic nitrogens is 1. The Kier molecular flexibility index (Phi) is 6.10. The van der Waals surface area contributed by atoms with Crippen LogP contribution in [0.4, 0.5) is 5.69 Å². The quantitative estimate of drug-likeness (QED) is 0.319. The Balaban J connectivity index is 1.41. The number of anilines is 1. The highest BCUT2D eigenvalue weighted by molar-refractivity contribution is 7.20. The fraction of sp³-hybridized carbons (Fsp3) is 0.167. The lowest BCUT2D eigenvalue weighted by Crippen LogP contribution is -2.48. The smallest absolute Gasteiger partial charge is 0.254 e. The molecule has 4 aromatic rings. The Morgan fingerprint density at radius 2 is 1.64 bits per heavy atom. The molecule has 0 bridgehead atoms. The van der Waals surface area contributed by atoms with Gasteiger partial charge in [0, 0.05) is 65.0 Å². The third kappa shape index (κ3) is 4.24. The SMILES string of the molecule is O=C(c1ccc(Cl)cc1)c1c[nH]c2cccc(C(=O)N3CCN(c4cc(Cl)sc4Cl)CC3)c12. The van der Waals surface area contributed by atoms with E-state index in [9.17, 15) is 9.59 Å². The molecule has 9 heteroatoms. The molecule has 0 saturated carbocycles. The average Bonchev–Trinajstić information content (AvgIpc) is 3.41. The summed E-state index contributed by atoms with van der Waals surface area (Å²) in [4.78, 5) is 33.8. The highest BCUT2D eigenvalue weighted by atomic mass is 35.5. The third-order valence-electron chi connectivity index (χ3n) is 5.83. The zero-order valence-corrected chi connectivity index (χ0v) is 20.4. The molecule has 1 fully saturated rings. The van der Waals surface area contributed by atoms with Gasteiger partial charge in [-0.3, -0.25) is 9.59 Å². The van der Waals surface area contributed by atoms with E-state index in [4.69, 9.17) is 34.8 Å². The Hall–Kier alpha value is -2.51. The average molecular weight is 519 g/mol. The van der Waals surface area contributed by atoms with Crippen LogP contribution in [0.1, 0.15) is 26.3 Å². The summed E-state index contributed by atoms with van der Waals surface area (Å²) in [6.45, 7) is 2.39. The van der Waals surface area contributed by atoms with Crippen LogP contribution in [-0.4, -0.2) is 47.8 Å². The number of benzene rings is 2. The summed E-state index contributed by atoms with van der Waals surface area (Å²) >= 11 is 19.7. The number of amides is 1. The maximum absolute atomic E-state index is 13.5. The molecule has 1 aliphatic heterocycles. The van der Waals surface area contributed by atoms with E-state index in [0.29, 0.717) is 62.0 Å². The van der Waals surface area contributed by atoms with Gasteiger partial charge in [-0.1, -0.05) is 40.9 Å². The second-order valence-corrected chi connectivity index (χ2v) is 10.5. The molecule has 0 aliphatic carbocycles. The summed E-state index contributed by atoms with van der Waals surface area (Å²) in [5.41, 5.74) is 3.15. The minimum atomic E-state index is -0.160. The van der Waals surface area contributed by atoms with E-state index in [0.717, 1.165) is 11.2 Å². The molecule has 0 radical (unpaired) electrons. The summed E-state index contributed by atoms with van der Waals surface area (Å²) in [7, 11) is 0. The largest absolute Gasteiger partial charge is 0.366 e. The van der Waals surface area contributed by atoms with Crippen LogP contribution in [-0.2, 0) is 0 Å². The molecule has 1 saturated heterocycles. The van der Waals surface area contributed by atoms with Gasteiger partial charge in [0.25, 0.3) is 5.91 Å². The van der Waals surface area contributed by atoms with Crippen LogP contribution in [0.2, 0.25) is 13.7 Å². The molecule has 1 amide bonds. The van der Waals surface area contributed by atoms with Crippen LogP contribution >= 0.6 is 46.1 Å². The van der Waals surface area contributed by atoms with E-state index in [1.165, 1.54) is 11.3 Å². The Morgan fingerprint density at radius 1 is 0.909 bits per heavy atom. The lowest BCUT2D eigenvalue weighted by atomic mass is 9.98. The number of fused-ring (bicyclic) bond motifs is 1. The minimum absolute atomic E-state index is 0.0977. The summed E-state index contributed by atoms with van der Waals surface area (Å²) in [6.07, 6.45) is 1.67. The van der Waals surface area contributed by atoms with E-state index in [1.54, 1.807) is 36.5 Å². The molecule has 0 unspecified atom stereocenters. The second kappa shape index (κ2) is 9.03. The molecule has 168 valence electrons. The summed E-state index contributed by atoms with van der Waals surface area (Å²) in [5.74, 6) is -0.258. The van der Waals surface area contributed by atoms with Gasteiger partial charge in [0.15, 0.2) is 5.78 Å². The summed E-state index contributed by atoms with van der Waals surface area (Å²) in [5, 5.41) is 1.20. The monoisotopic (exact) mass is 517 g/mol. The number of halogens is 3. The van der Waals surface area contributed by atoms with Crippen LogP contribution < -0.4 is 4.90 Å². The molecule has 0 atom stereocenters. The molecular formula is C24H18Cl3N3O2S. The maximum Gasteiger partial charge on any atom is 0.254 e. The molecular weight excluding hydrogens is 501 g/mol. The molecule has 2 aromatic carbocycles. The molecule has 3 heterocycles. The highest BCUT2D eigenvalue weighted by Gasteiger charge is 2.27. The maximum atomic E-state index is 13.5. The first kappa shape index (κ1) is 22.3. The van der Waals surface area contributed by atoms with Crippen molar-refractivity contribution in [2.75, 3.05) is 31.1 Å². The number of nitrogens with one attached hydrogen (secondary N) is 1. The van der Waals surface area contributed by atoms with Crippen LogP contribution in [0.25, 0.3) is 10.9 Å². The van der Waals surface area contributed by atoms with Crippen molar-refractivity contribution in [2.24, 2.45) is 0 Å². The lowest BCUT2D eigenvalue weighted by Gasteiger charge is -2.36. The van der Waals surface area contributed by atoms with Crippen LogP contribution in [0.5, 0.6) is 0 Å².